The normalized spacial score (nSPS) is 24.9. The summed E-state index contributed by atoms with van der Waals surface area (Å²) in [6.07, 6.45) is -0.0443. The standard InChI is InChI=1S/C12H19N3O2/c1-8-5-15(6-10(7-16)17-8)9-2-3-11(13)12(14)4-9/h2-4,8,10,16H,5-7,13-14H2,1H3. The maximum atomic E-state index is 9.18. The summed E-state index contributed by atoms with van der Waals surface area (Å²) in [5.41, 5.74) is 13.7. The molecular weight excluding hydrogens is 218 g/mol. The predicted molar refractivity (Wildman–Crippen MR) is 68.9 cm³/mol. The zero-order valence-corrected chi connectivity index (χ0v) is 9.97. The monoisotopic (exact) mass is 237 g/mol. The van der Waals surface area contributed by atoms with Gasteiger partial charge in [-0.3, -0.25) is 0 Å². The summed E-state index contributed by atoms with van der Waals surface area (Å²) in [6.45, 7) is 3.49. The van der Waals surface area contributed by atoms with E-state index in [2.05, 4.69) is 4.90 Å². The van der Waals surface area contributed by atoms with Crippen LogP contribution in [0.5, 0.6) is 0 Å². The summed E-state index contributed by atoms with van der Waals surface area (Å²) in [4.78, 5) is 2.16. The van der Waals surface area contributed by atoms with E-state index >= 15 is 0 Å². The van der Waals surface area contributed by atoms with Gasteiger partial charge in [-0.15, -0.1) is 0 Å². The minimum atomic E-state index is -0.141. The molecule has 1 aliphatic heterocycles. The van der Waals surface area contributed by atoms with E-state index in [9.17, 15) is 5.11 Å². The first-order valence-corrected chi connectivity index (χ1v) is 5.76. The van der Waals surface area contributed by atoms with Crippen LogP contribution in [0.4, 0.5) is 17.1 Å². The zero-order chi connectivity index (χ0) is 12.4. The Morgan fingerprint density at radius 1 is 1.35 bits per heavy atom. The molecular formula is C12H19N3O2. The number of nitrogen functional groups attached to an aromatic ring is 2. The van der Waals surface area contributed by atoms with Crippen molar-refractivity contribution in [2.45, 2.75) is 19.1 Å². The fourth-order valence-corrected chi connectivity index (χ4v) is 2.12. The van der Waals surface area contributed by atoms with Crippen LogP contribution in [-0.4, -0.2) is 37.0 Å². The summed E-state index contributed by atoms with van der Waals surface area (Å²) in [5.74, 6) is 0. The topological polar surface area (TPSA) is 84.7 Å². The molecule has 94 valence electrons. The Labute approximate surface area is 101 Å². The van der Waals surface area contributed by atoms with Crippen LogP contribution in [-0.2, 0) is 4.74 Å². The number of benzene rings is 1. The van der Waals surface area contributed by atoms with Gasteiger partial charge in [-0.25, -0.2) is 0 Å². The molecule has 0 radical (unpaired) electrons. The molecule has 1 heterocycles. The van der Waals surface area contributed by atoms with Gasteiger partial charge in [-0.05, 0) is 25.1 Å². The Balaban J connectivity index is 2.17. The Bertz CT molecular complexity index is 397. The third-order valence-electron chi connectivity index (χ3n) is 2.97. The molecule has 0 spiro atoms. The van der Waals surface area contributed by atoms with Crippen molar-refractivity contribution in [1.29, 1.82) is 0 Å². The lowest BCUT2D eigenvalue weighted by atomic mass is 10.1. The first-order chi connectivity index (χ1) is 8.10. The molecule has 1 aromatic carbocycles. The number of hydrogen-bond donors (Lipinski definition) is 3. The van der Waals surface area contributed by atoms with E-state index in [4.69, 9.17) is 16.2 Å². The summed E-state index contributed by atoms with van der Waals surface area (Å²) in [5, 5.41) is 9.18. The number of aliphatic hydroxyl groups is 1. The maximum absolute atomic E-state index is 9.18. The van der Waals surface area contributed by atoms with E-state index < -0.39 is 0 Å². The highest BCUT2D eigenvalue weighted by Crippen LogP contribution is 2.25. The van der Waals surface area contributed by atoms with Gasteiger partial charge in [-0.2, -0.15) is 0 Å². The van der Waals surface area contributed by atoms with Gasteiger partial charge in [0.1, 0.15) is 0 Å². The van der Waals surface area contributed by atoms with E-state index in [0.717, 1.165) is 12.2 Å². The lowest BCUT2D eigenvalue weighted by Gasteiger charge is -2.37. The van der Waals surface area contributed by atoms with Crippen molar-refractivity contribution in [3.05, 3.63) is 18.2 Å². The summed E-state index contributed by atoms with van der Waals surface area (Å²) in [7, 11) is 0. The summed E-state index contributed by atoms with van der Waals surface area (Å²) < 4.78 is 5.59. The van der Waals surface area contributed by atoms with Crippen molar-refractivity contribution in [2.75, 3.05) is 36.1 Å². The Kier molecular flexibility index (Phi) is 3.40. The number of morpholine rings is 1. The number of hydrogen-bond acceptors (Lipinski definition) is 5. The van der Waals surface area contributed by atoms with Gasteiger partial charge in [0, 0.05) is 18.8 Å². The molecule has 1 aromatic rings. The number of rotatable bonds is 2. The molecule has 2 rings (SSSR count). The molecule has 5 heteroatoms. The van der Waals surface area contributed by atoms with Gasteiger partial charge in [0.15, 0.2) is 0 Å². The van der Waals surface area contributed by atoms with E-state index in [0.29, 0.717) is 17.9 Å². The van der Waals surface area contributed by atoms with Crippen LogP contribution in [0.1, 0.15) is 6.92 Å². The molecule has 1 aliphatic rings. The van der Waals surface area contributed by atoms with Crippen LogP contribution in [0.2, 0.25) is 0 Å². The minimum absolute atomic E-state index is 0.0330. The van der Waals surface area contributed by atoms with Crippen LogP contribution in [0.3, 0.4) is 0 Å². The van der Waals surface area contributed by atoms with Gasteiger partial charge >= 0.3 is 0 Å². The van der Waals surface area contributed by atoms with Gasteiger partial charge < -0.3 is 26.2 Å². The summed E-state index contributed by atoms with van der Waals surface area (Å²) >= 11 is 0. The van der Waals surface area contributed by atoms with Crippen molar-refractivity contribution in [1.82, 2.24) is 0 Å². The van der Waals surface area contributed by atoms with Crippen molar-refractivity contribution < 1.29 is 9.84 Å². The number of ether oxygens (including phenoxy) is 1. The highest BCUT2D eigenvalue weighted by atomic mass is 16.5. The van der Waals surface area contributed by atoms with E-state index in [-0.39, 0.29) is 18.8 Å². The molecule has 2 atom stereocenters. The third-order valence-corrected chi connectivity index (χ3v) is 2.97. The lowest BCUT2D eigenvalue weighted by Crippen LogP contribution is -2.48. The number of nitrogens with zero attached hydrogens (tertiary/aromatic N) is 1. The third kappa shape index (κ3) is 2.62. The first kappa shape index (κ1) is 12.0. The molecule has 0 saturated carbocycles. The second-order valence-corrected chi connectivity index (χ2v) is 4.47. The van der Waals surface area contributed by atoms with Gasteiger partial charge in [-0.1, -0.05) is 0 Å². The average Bonchev–Trinajstić information content (AvgIpc) is 2.32. The van der Waals surface area contributed by atoms with Gasteiger partial charge in [0.25, 0.3) is 0 Å². The summed E-state index contributed by atoms with van der Waals surface area (Å²) in [6, 6.07) is 5.61. The average molecular weight is 237 g/mol. The molecule has 2 unspecified atom stereocenters. The number of aliphatic hydroxyl groups excluding tert-OH is 1. The predicted octanol–water partition coefficient (Wildman–Crippen LogP) is 0.437. The van der Waals surface area contributed by atoms with Crippen LogP contribution in [0.25, 0.3) is 0 Å². The minimum Gasteiger partial charge on any atom is -0.397 e. The lowest BCUT2D eigenvalue weighted by molar-refractivity contribution is -0.0421. The van der Waals surface area contributed by atoms with Crippen LogP contribution >= 0.6 is 0 Å². The van der Waals surface area contributed by atoms with Crippen LogP contribution in [0.15, 0.2) is 18.2 Å². The smallest absolute Gasteiger partial charge is 0.0984 e. The maximum Gasteiger partial charge on any atom is 0.0984 e. The molecule has 0 bridgehead atoms. The highest BCUT2D eigenvalue weighted by Gasteiger charge is 2.24. The largest absolute Gasteiger partial charge is 0.397 e. The van der Waals surface area contributed by atoms with Gasteiger partial charge in [0.2, 0.25) is 0 Å². The molecule has 0 aliphatic carbocycles. The second-order valence-electron chi connectivity index (χ2n) is 4.47. The molecule has 1 fully saturated rings. The van der Waals surface area contributed by atoms with Crippen molar-refractivity contribution in [3.8, 4) is 0 Å². The fraction of sp³-hybridized carbons (Fsp3) is 0.500. The van der Waals surface area contributed by atoms with E-state index in [1.54, 1.807) is 6.07 Å². The van der Waals surface area contributed by atoms with Crippen molar-refractivity contribution in [3.63, 3.8) is 0 Å². The first-order valence-electron chi connectivity index (χ1n) is 5.76. The van der Waals surface area contributed by atoms with Crippen molar-refractivity contribution in [2.24, 2.45) is 0 Å². The number of nitrogens with two attached hydrogens (primary N) is 2. The van der Waals surface area contributed by atoms with Crippen LogP contribution < -0.4 is 16.4 Å². The molecule has 0 amide bonds. The molecule has 17 heavy (non-hydrogen) atoms. The molecule has 5 N–H and O–H groups in total. The van der Waals surface area contributed by atoms with E-state index in [1.165, 1.54) is 0 Å². The Morgan fingerprint density at radius 2 is 2.12 bits per heavy atom. The quantitative estimate of drug-likeness (QED) is 0.650. The molecule has 5 nitrogen and oxygen atoms in total. The molecule has 0 aromatic heterocycles. The fourth-order valence-electron chi connectivity index (χ4n) is 2.12. The zero-order valence-electron chi connectivity index (χ0n) is 9.97. The Hall–Kier alpha value is -1.46. The van der Waals surface area contributed by atoms with Crippen molar-refractivity contribution >= 4 is 17.1 Å². The highest BCUT2D eigenvalue weighted by molar-refractivity contribution is 5.70. The SMILES string of the molecule is CC1CN(c2ccc(N)c(N)c2)CC(CO)O1. The van der Waals surface area contributed by atoms with E-state index in [1.807, 2.05) is 19.1 Å². The van der Waals surface area contributed by atoms with Gasteiger partial charge in [0.05, 0.1) is 30.2 Å². The number of anilines is 3. The Morgan fingerprint density at radius 3 is 2.76 bits per heavy atom. The second kappa shape index (κ2) is 4.81. The van der Waals surface area contributed by atoms with Crippen LogP contribution in [0, 0.1) is 0 Å². The molecule has 1 saturated heterocycles.